The van der Waals surface area contributed by atoms with E-state index >= 15 is 0 Å². The number of hydrogen-bond donors (Lipinski definition) is 2. The zero-order valence-electron chi connectivity index (χ0n) is 18.6. The number of fused-ring (bicyclic) bond motifs is 1. The van der Waals surface area contributed by atoms with Gasteiger partial charge in [-0.25, -0.2) is 4.39 Å². The van der Waals surface area contributed by atoms with E-state index in [1.54, 1.807) is 19.2 Å². The number of aromatic amines is 1. The van der Waals surface area contributed by atoms with Gasteiger partial charge in [-0.1, -0.05) is 11.6 Å². The Balaban J connectivity index is 1.88. The van der Waals surface area contributed by atoms with Crippen LogP contribution in [0.4, 0.5) is 4.39 Å². The second-order valence-corrected chi connectivity index (χ2v) is 8.02. The Hall–Kier alpha value is -3.39. The first kappa shape index (κ1) is 24.3. The van der Waals surface area contributed by atoms with Crippen LogP contribution in [-0.4, -0.2) is 35.4 Å². The molecule has 9 heteroatoms. The van der Waals surface area contributed by atoms with Gasteiger partial charge in [0.1, 0.15) is 17.4 Å². The molecule has 0 saturated heterocycles. The van der Waals surface area contributed by atoms with Crippen LogP contribution in [0.25, 0.3) is 10.9 Å². The fourth-order valence-electron chi connectivity index (χ4n) is 3.35. The summed E-state index contributed by atoms with van der Waals surface area (Å²) in [7, 11) is 0. The van der Waals surface area contributed by atoms with E-state index in [0.717, 1.165) is 5.56 Å². The maximum atomic E-state index is 14.4. The lowest BCUT2D eigenvalue weighted by Gasteiger charge is -2.11. The third-order valence-corrected chi connectivity index (χ3v) is 5.08. The van der Waals surface area contributed by atoms with Gasteiger partial charge in [0.2, 0.25) is 0 Å². The molecule has 3 aromatic rings. The molecular weight excluding hydrogens is 449 g/mol. The summed E-state index contributed by atoms with van der Waals surface area (Å²) in [5.74, 6) is -1.20. The molecule has 1 heterocycles. The molecule has 0 aliphatic rings. The van der Waals surface area contributed by atoms with Crippen LogP contribution in [0.1, 0.15) is 48.7 Å². The molecule has 0 radical (unpaired) electrons. The number of carbonyl (C=O) groups excluding carboxylic acids is 2. The normalized spacial score (nSPS) is 11.8. The number of halogens is 2. The molecule has 0 fully saturated rings. The molecule has 1 amide bonds. The van der Waals surface area contributed by atoms with Crippen LogP contribution in [-0.2, 0) is 16.0 Å². The van der Waals surface area contributed by atoms with Gasteiger partial charge in [-0.3, -0.25) is 9.59 Å². The quantitative estimate of drug-likeness (QED) is 0.278. The summed E-state index contributed by atoms with van der Waals surface area (Å²) in [6.45, 7) is 5.76. The number of carbonyl (C=O) groups is 2. The highest BCUT2D eigenvalue weighted by molar-refractivity contribution is 6.32. The van der Waals surface area contributed by atoms with Crippen LogP contribution in [0.2, 0.25) is 5.02 Å². The van der Waals surface area contributed by atoms with Crippen molar-refractivity contribution in [1.82, 2.24) is 4.98 Å². The highest BCUT2D eigenvalue weighted by Gasteiger charge is 2.16. The predicted molar refractivity (Wildman–Crippen MR) is 125 cm³/mol. The van der Waals surface area contributed by atoms with Crippen LogP contribution >= 0.6 is 11.6 Å². The van der Waals surface area contributed by atoms with Crippen molar-refractivity contribution >= 4 is 40.2 Å². The Morgan fingerprint density at radius 1 is 1.24 bits per heavy atom. The minimum atomic E-state index is -0.628. The number of aromatic nitrogens is 1. The summed E-state index contributed by atoms with van der Waals surface area (Å²) in [6, 6.07) is 7.11. The van der Waals surface area contributed by atoms with Crippen LogP contribution in [0.3, 0.4) is 0 Å². The second-order valence-electron chi connectivity index (χ2n) is 7.61. The van der Waals surface area contributed by atoms with Crippen molar-refractivity contribution in [3.8, 4) is 5.75 Å². The van der Waals surface area contributed by atoms with Crippen molar-refractivity contribution < 1.29 is 23.5 Å². The number of nitrogens with one attached hydrogen (secondary N) is 1. The van der Waals surface area contributed by atoms with Gasteiger partial charge < -0.3 is 20.2 Å². The SMILES string of the molecule is CCOC(=O)CCc1c[nH]c2c(C(N)=NC(=O)c3ccc(OC(C)C)c(Cl)c3)cc(F)cc12. The van der Waals surface area contributed by atoms with Crippen molar-refractivity contribution in [2.75, 3.05) is 6.61 Å². The lowest BCUT2D eigenvalue weighted by atomic mass is 10.0. The Kier molecular flexibility index (Phi) is 7.71. The van der Waals surface area contributed by atoms with Crippen molar-refractivity contribution in [3.63, 3.8) is 0 Å². The molecule has 1 aromatic heterocycles. The van der Waals surface area contributed by atoms with Gasteiger partial charge in [0, 0.05) is 29.1 Å². The number of ether oxygens (including phenoxy) is 2. The van der Waals surface area contributed by atoms with Crippen molar-refractivity contribution in [2.45, 2.75) is 39.7 Å². The Morgan fingerprint density at radius 2 is 2.00 bits per heavy atom. The van der Waals surface area contributed by atoms with E-state index in [-0.39, 0.29) is 40.5 Å². The van der Waals surface area contributed by atoms with E-state index < -0.39 is 11.7 Å². The largest absolute Gasteiger partial charge is 0.489 e. The van der Waals surface area contributed by atoms with Crippen LogP contribution in [0.15, 0.2) is 41.5 Å². The molecule has 0 aliphatic heterocycles. The van der Waals surface area contributed by atoms with Crippen LogP contribution in [0.5, 0.6) is 5.75 Å². The molecule has 0 aliphatic carbocycles. The molecule has 2 aromatic carbocycles. The molecule has 3 N–H and O–H groups in total. The highest BCUT2D eigenvalue weighted by Crippen LogP contribution is 2.27. The molecule has 33 heavy (non-hydrogen) atoms. The first-order valence-corrected chi connectivity index (χ1v) is 10.9. The zero-order chi connectivity index (χ0) is 24.1. The van der Waals surface area contributed by atoms with E-state index in [4.69, 9.17) is 26.8 Å². The molecule has 0 unspecified atom stereocenters. The monoisotopic (exact) mass is 473 g/mol. The minimum absolute atomic E-state index is 0.0731. The van der Waals surface area contributed by atoms with Gasteiger partial charge in [-0.05, 0) is 63.1 Å². The summed E-state index contributed by atoms with van der Waals surface area (Å²) in [5.41, 5.74) is 7.79. The standard InChI is InChI=1S/C24H25ClFN3O4/c1-4-32-21(30)8-6-15-12-28-22-17(15)10-16(26)11-18(22)23(27)29-24(31)14-5-7-20(19(25)9-14)33-13(2)3/h5,7,9-13,28H,4,6,8H2,1-3H3,(H2,27,29,31). The fourth-order valence-corrected chi connectivity index (χ4v) is 3.57. The number of rotatable bonds is 8. The van der Waals surface area contributed by atoms with Gasteiger partial charge in [-0.15, -0.1) is 0 Å². The third kappa shape index (κ3) is 5.90. The lowest BCUT2D eigenvalue weighted by Crippen LogP contribution is -2.17. The molecule has 7 nitrogen and oxygen atoms in total. The average Bonchev–Trinajstić information content (AvgIpc) is 3.15. The number of nitrogens with zero attached hydrogens (tertiary/aromatic N) is 1. The van der Waals surface area contributed by atoms with E-state index in [1.807, 2.05) is 13.8 Å². The van der Waals surface area contributed by atoms with E-state index in [2.05, 4.69) is 9.98 Å². The number of nitrogens with two attached hydrogens (primary N) is 1. The Morgan fingerprint density at radius 3 is 2.67 bits per heavy atom. The summed E-state index contributed by atoms with van der Waals surface area (Å²) < 4.78 is 24.9. The van der Waals surface area contributed by atoms with Gasteiger partial charge in [0.05, 0.1) is 23.3 Å². The van der Waals surface area contributed by atoms with Gasteiger partial charge >= 0.3 is 5.97 Å². The summed E-state index contributed by atoms with van der Waals surface area (Å²) in [4.78, 5) is 31.3. The smallest absolute Gasteiger partial charge is 0.306 e. The average molecular weight is 474 g/mol. The predicted octanol–water partition coefficient (Wildman–Crippen LogP) is 4.79. The van der Waals surface area contributed by atoms with Gasteiger partial charge in [-0.2, -0.15) is 4.99 Å². The van der Waals surface area contributed by atoms with E-state index in [1.165, 1.54) is 24.3 Å². The number of amides is 1. The van der Waals surface area contributed by atoms with Crippen LogP contribution < -0.4 is 10.5 Å². The first-order valence-electron chi connectivity index (χ1n) is 10.5. The second kappa shape index (κ2) is 10.5. The van der Waals surface area contributed by atoms with Crippen molar-refractivity contribution in [3.05, 3.63) is 64.1 Å². The Labute approximate surface area is 195 Å². The number of aliphatic imine (C=N–C) groups is 1. The van der Waals surface area contributed by atoms with Crippen molar-refractivity contribution in [1.29, 1.82) is 0 Å². The minimum Gasteiger partial charge on any atom is -0.489 e. The van der Waals surface area contributed by atoms with E-state index in [9.17, 15) is 14.0 Å². The number of esters is 1. The Bertz CT molecular complexity index is 1220. The van der Waals surface area contributed by atoms with Gasteiger partial charge in [0.25, 0.3) is 5.91 Å². The number of hydrogen-bond acceptors (Lipinski definition) is 4. The third-order valence-electron chi connectivity index (χ3n) is 4.78. The molecular formula is C24H25ClFN3O4. The maximum absolute atomic E-state index is 14.4. The summed E-state index contributed by atoms with van der Waals surface area (Å²) >= 11 is 6.20. The number of aryl methyl sites for hydroxylation is 1. The first-order chi connectivity index (χ1) is 15.7. The maximum Gasteiger partial charge on any atom is 0.306 e. The zero-order valence-corrected chi connectivity index (χ0v) is 19.3. The molecule has 0 atom stereocenters. The summed E-state index contributed by atoms with van der Waals surface area (Å²) in [5, 5.41) is 0.824. The van der Waals surface area contributed by atoms with E-state index in [0.29, 0.717) is 29.7 Å². The lowest BCUT2D eigenvalue weighted by molar-refractivity contribution is -0.143. The highest BCUT2D eigenvalue weighted by atomic mass is 35.5. The molecule has 0 saturated carbocycles. The molecule has 0 bridgehead atoms. The number of amidine groups is 1. The number of H-pyrrole nitrogens is 1. The topological polar surface area (TPSA) is 107 Å². The van der Waals surface area contributed by atoms with Crippen LogP contribution in [0, 0.1) is 5.82 Å². The van der Waals surface area contributed by atoms with Crippen molar-refractivity contribution in [2.24, 2.45) is 10.7 Å². The summed E-state index contributed by atoms with van der Waals surface area (Å²) in [6.07, 6.45) is 2.12. The molecule has 0 spiro atoms. The fraction of sp³-hybridized carbons (Fsp3) is 0.292. The molecule has 3 rings (SSSR count). The van der Waals surface area contributed by atoms with Gasteiger partial charge in [0.15, 0.2) is 0 Å². The number of benzene rings is 2. The molecule has 174 valence electrons.